The standard InChI is InChI=1S/C69H122/c1-12-14-15-16-17-18-19-20-21-22-23-24-25-26-27-28-29-30-31-32-33-34-35-44-62(4)47-37-48-64(6)51-39-52-66(8)55-41-56-68(10)59-43-60-69(11)58-42-57-67(9)54-40-53-65(7)50-38-49-63(5)46-36-45-61(3)13-2/h13,46-47,50-51,54-55,58-59,61H,2,12,14-45,48-49,52-53,56-57,60H2,1,3-11H3. The number of unbranched alkanes of at least 4 members (excludes halogenated alkanes) is 22. The molecule has 1 atom stereocenters. The van der Waals surface area contributed by atoms with E-state index in [9.17, 15) is 0 Å². The average Bonchev–Trinajstić information content (AvgIpc) is 3.31. The van der Waals surface area contributed by atoms with Crippen molar-refractivity contribution in [2.24, 2.45) is 5.92 Å². The van der Waals surface area contributed by atoms with Crippen molar-refractivity contribution < 1.29 is 0 Å². The predicted octanol–water partition coefficient (Wildman–Crippen LogP) is 25.0. The summed E-state index contributed by atoms with van der Waals surface area (Å²) in [5.74, 6) is 0.617. The fourth-order valence-electron chi connectivity index (χ4n) is 9.54. The summed E-state index contributed by atoms with van der Waals surface area (Å²) in [7, 11) is 0. The monoisotopic (exact) mass is 951 g/mol. The summed E-state index contributed by atoms with van der Waals surface area (Å²) < 4.78 is 0. The van der Waals surface area contributed by atoms with Gasteiger partial charge in [0, 0.05) is 0 Å². The molecule has 1 unspecified atom stereocenters. The summed E-state index contributed by atoms with van der Waals surface area (Å²) >= 11 is 0. The van der Waals surface area contributed by atoms with Crippen LogP contribution in [0.25, 0.3) is 0 Å². The second-order valence-electron chi connectivity index (χ2n) is 22.5. The van der Waals surface area contributed by atoms with Crippen molar-refractivity contribution in [1.29, 1.82) is 0 Å². The zero-order valence-corrected chi connectivity index (χ0v) is 48.8. The van der Waals surface area contributed by atoms with E-state index in [0.29, 0.717) is 5.92 Å². The molecule has 0 spiro atoms. The quantitative estimate of drug-likeness (QED) is 0.0421. The lowest BCUT2D eigenvalue weighted by atomic mass is 10.0. The van der Waals surface area contributed by atoms with E-state index < -0.39 is 0 Å². The van der Waals surface area contributed by atoms with Crippen molar-refractivity contribution in [3.63, 3.8) is 0 Å². The van der Waals surface area contributed by atoms with Crippen LogP contribution in [0.1, 0.15) is 326 Å². The van der Waals surface area contributed by atoms with Crippen LogP contribution in [0.4, 0.5) is 0 Å². The number of hydrogen-bond donors (Lipinski definition) is 0. The van der Waals surface area contributed by atoms with Gasteiger partial charge in [0.1, 0.15) is 0 Å². The highest BCUT2D eigenvalue weighted by atomic mass is 14.1. The Morgan fingerprint density at radius 2 is 0.464 bits per heavy atom. The Labute approximate surface area is 435 Å². The van der Waals surface area contributed by atoms with Crippen LogP contribution in [0.2, 0.25) is 0 Å². The summed E-state index contributed by atoms with van der Waals surface area (Å²) in [6.07, 6.45) is 75.6. The fraction of sp³-hybridized carbons (Fsp3) is 0.739. The molecule has 0 nitrogen and oxygen atoms in total. The zero-order valence-electron chi connectivity index (χ0n) is 48.8. The lowest BCUT2D eigenvalue weighted by Gasteiger charge is -2.05. The summed E-state index contributed by atoms with van der Waals surface area (Å²) in [5, 5.41) is 0. The highest BCUT2D eigenvalue weighted by Gasteiger charge is 2.00. The van der Waals surface area contributed by atoms with Crippen molar-refractivity contribution >= 4 is 0 Å². The van der Waals surface area contributed by atoms with Crippen LogP contribution in [0, 0.1) is 5.92 Å². The highest BCUT2D eigenvalue weighted by molar-refractivity contribution is 5.10. The summed E-state index contributed by atoms with van der Waals surface area (Å²) in [6.45, 7) is 27.0. The first-order valence-electron chi connectivity index (χ1n) is 30.3. The fourth-order valence-corrected chi connectivity index (χ4v) is 9.54. The van der Waals surface area contributed by atoms with Gasteiger partial charge < -0.3 is 0 Å². The molecular formula is C69H122. The van der Waals surface area contributed by atoms with Gasteiger partial charge in [0.25, 0.3) is 0 Å². The van der Waals surface area contributed by atoms with E-state index >= 15 is 0 Å². The Kier molecular flexibility index (Phi) is 48.9. The molecule has 0 bridgehead atoms. The summed E-state index contributed by atoms with van der Waals surface area (Å²) in [5.41, 5.74) is 12.4. The van der Waals surface area contributed by atoms with Gasteiger partial charge in [0.05, 0.1) is 0 Å². The van der Waals surface area contributed by atoms with E-state index in [0.717, 1.165) is 12.8 Å². The molecule has 0 aliphatic heterocycles. The molecule has 0 saturated carbocycles. The van der Waals surface area contributed by atoms with Gasteiger partial charge in [-0.25, -0.2) is 0 Å². The molecule has 0 heterocycles. The van der Waals surface area contributed by atoms with Gasteiger partial charge in [-0.1, -0.05) is 254 Å². The molecular weight excluding hydrogens is 829 g/mol. The molecule has 0 aromatic heterocycles. The maximum Gasteiger partial charge on any atom is -0.0262 e. The van der Waals surface area contributed by atoms with Gasteiger partial charge in [-0.05, 0) is 177 Å². The van der Waals surface area contributed by atoms with Crippen molar-refractivity contribution in [1.82, 2.24) is 0 Å². The van der Waals surface area contributed by atoms with Crippen molar-refractivity contribution in [3.05, 3.63) is 106 Å². The molecule has 0 heteroatoms. The minimum absolute atomic E-state index is 0.617. The van der Waals surface area contributed by atoms with E-state index in [1.165, 1.54) is 266 Å². The van der Waals surface area contributed by atoms with Gasteiger partial charge in [0.2, 0.25) is 0 Å². The average molecular weight is 952 g/mol. The van der Waals surface area contributed by atoms with Crippen LogP contribution in [0.3, 0.4) is 0 Å². The van der Waals surface area contributed by atoms with Gasteiger partial charge in [-0.3, -0.25) is 0 Å². The first-order valence-corrected chi connectivity index (χ1v) is 30.3. The largest absolute Gasteiger partial charge is 0.103 e. The van der Waals surface area contributed by atoms with E-state index in [2.05, 4.69) is 131 Å². The Morgan fingerprint density at radius 1 is 0.275 bits per heavy atom. The van der Waals surface area contributed by atoms with Crippen molar-refractivity contribution in [2.45, 2.75) is 326 Å². The molecule has 0 rings (SSSR count). The van der Waals surface area contributed by atoms with Gasteiger partial charge in [0.15, 0.2) is 0 Å². The number of allylic oxidation sites excluding steroid dienone is 17. The molecule has 0 aliphatic carbocycles. The maximum absolute atomic E-state index is 3.90. The third-order valence-corrected chi connectivity index (χ3v) is 14.9. The molecule has 0 N–H and O–H groups in total. The smallest absolute Gasteiger partial charge is 0.0262 e. The van der Waals surface area contributed by atoms with E-state index in [4.69, 9.17) is 0 Å². The molecule has 398 valence electrons. The van der Waals surface area contributed by atoms with Crippen LogP contribution >= 0.6 is 0 Å². The van der Waals surface area contributed by atoms with Gasteiger partial charge >= 0.3 is 0 Å². The Morgan fingerprint density at radius 3 is 0.681 bits per heavy atom. The Balaban J connectivity index is 3.90. The van der Waals surface area contributed by atoms with Crippen LogP contribution in [-0.2, 0) is 0 Å². The minimum atomic E-state index is 0.617. The molecule has 0 aliphatic rings. The Bertz CT molecular complexity index is 1440. The normalized spacial score (nSPS) is 14.3. The first-order chi connectivity index (χ1) is 33.5. The molecule has 0 saturated heterocycles. The Hall–Kier alpha value is -2.34. The van der Waals surface area contributed by atoms with E-state index in [1.54, 1.807) is 22.3 Å². The topological polar surface area (TPSA) is 0 Å². The lowest BCUT2D eigenvalue weighted by molar-refractivity contribution is 0.518. The molecule has 0 fully saturated rings. The molecule has 0 amide bonds. The molecule has 69 heavy (non-hydrogen) atoms. The second kappa shape index (κ2) is 50.6. The number of rotatable bonds is 49. The van der Waals surface area contributed by atoms with E-state index in [-0.39, 0.29) is 0 Å². The first kappa shape index (κ1) is 66.7. The van der Waals surface area contributed by atoms with Crippen molar-refractivity contribution in [3.8, 4) is 0 Å². The highest BCUT2D eigenvalue weighted by Crippen LogP contribution is 2.20. The summed E-state index contributed by atoms with van der Waals surface area (Å²) in [6, 6.07) is 0. The van der Waals surface area contributed by atoms with Crippen LogP contribution in [0.5, 0.6) is 0 Å². The van der Waals surface area contributed by atoms with Crippen LogP contribution in [0.15, 0.2) is 106 Å². The van der Waals surface area contributed by atoms with Gasteiger partial charge in [-0.2, -0.15) is 0 Å². The minimum Gasteiger partial charge on any atom is -0.103 e. The lowest BCUT2D eigenvalue weighted by Crippen LogP contribution is -1.87. The number of hydrogen-bond acceptors (Lipinski definition) is 0. The van der Waals surface area contributed by atoms with E-state index in [1.807, 2.05) is 0 Å². The zero-order chi connectivity index (χ0) is 50.8. The third kappa shape index (κ3) is 50.4. The predicted molar refractivity (Wildman–Crippen MR) is 320 cm³/mol. The molecule has 0 aromatic carbocycles. The van der Waals surface area contributed by atoms with Gasteiger partial charge in [-0.15, -0.1) is 6.58 Å². The maximum atomic E-state index is 3.90. The molecule has 0 aromatic rings. The molecule has 0 radical (unpaired) electrons. The third-order valence-electron chi connectivity index (χ3n) is 14.9. The van der Waals surface area contributed by atoms with Crippen molar-refractivity contribution in [2.75, 3.05) is 0 Å². The summed E-state index contributed by atoms with van der Waals surface area (Å²) in [4.78, 5) is 0. The van der Waals surface area contributed by atoms with Crippen LogP contribution in [-0.4, -0.2) is 0 Å². The van der Waals surface area contributed by atoms with Crippen LogP contribution < -0.4 is 0 Å². The SMILES string of the molecule is C=CC(C)CCC=C(C)CCC=C(C)CCC=C(C)CCC=C(C)CCC=C(C)CCC=C(C)CCC=C(C)CCC=C(C)CCCCCCCCCCCCCCCCCCCCCCCCC. The second-order valence-corrected chi connectivity index (χ2v) is 22.5.